The molecule has 0 spiro atoms. The van der Waals surface area contributed by atoms with Crippen LogP contribution < -0.4 is 10.6 Å². The third-order valence-corrected chi connectivity index (χ3v) is 2.91. The fourth-order valence-corrected chi connectivity index (χ4v) is 1.91. The van der Waals surface area contributed by atoms with E-state index in [4.69, 9.17) is 11.6 Å². The van der Waals surface area contributed by atoms with Gasteiger partial charge in [0.1, 0.15) is 0 Å². The first-order chi connectivity index (χ1) is 9.99. The van der Waals surface area contributed by atoms with Gasteiger partial charge in [-0.25, -0.2) is 0 Å². The molecule has 2 amide bonds. The van der Waals surface area contributed by atoms with Crippen LogP contribution in [-0.2, 0) is 18.4 Å². The molecular formula is C12H15ClN6O2. The Kier molecular flexibility index (Phi) is 4.59. The molecule has 0 fully saturated rings. The lowest BCUT2D eigenvalue weighted by atomic mass is 10.3. The molecule has 9 heteroatoms. The minimum Gasteiger partial charge on any atom is -0.354 e. The van der Waals surface area contributed by atoms with E-state index in [1.54, 1.807) is 24.1 Å². The maximum atomic E-state index is 11.9. The summed E-state index contributed by atoms with van der Waals surface area (Å²) in [5.74, 6) is -0.593. The lowest BCUT2D eigenvalue weighted by molar-refractivity contribution is -0.116. The van der Waals surface area contributed by atoms with Gasteiger partial charge in [-0.05, 0) is 0 Å². The van der Waals surface area contributed by atoms with E-state index in [2.05, 4.69) is 20.8 Å². The molecule has 0 saturated carbocycles. The van der Waals surface area contributed by atoms with Gasteiger partial charge in [0, 0.05) is 39.5 Å². The van der Waals surface area contributed by atoms with Gasteiger partial charge in [0.05, 0.1) is 16.9 Å². The van der Waals surface area contributed by atoms with E-state index in [1.165, 1.54) is 17.9 Å². The highest BCUT2D eigenvalue weighted by molar-refractivity contribution is 6.30. The molecule has 0 unspecified atom stereocenters. The summed E-state index contributed by atoms with van der Waals surface area (Å²) < 4.78 is 3.04. The lowest BCUT2D eigenvalue weighted by Crippen LogP contribution is -2.22. The van der Waals surface area contributed by atoms with Gasteiger partial charge in [0.15, 0.2) is 5.69 Å². The maximum Gasteiger partial charge on any atom is 0.273 e. The second-order valence-corrected chi connectivity index (χ2v) is 4.80. The molecule has 0 aliphatic heterocycles. The predicted molar refractivity (Wildman–Crippen MR) is 77.1 cm³/mol. The molecule has 2 aromatic heterocycles. The van der Waals surface area contributed by atoms with Crippen molar-refractivity contribution in [2.75, 3.05) is 12.4 Å². The van der Waals surface area contributed by atoms with Gasteiger partial charge in [-0.2, -0.15) is 10.2 Å². The molecule has 2 rings (SSSR count). The fraction of sp³-hybridized carbons (Fsp3) is 0.333. The Bertz CT molecular complexity index is 663. The van der Waals surface area contributed by atoms with Crippen molar-refractivity contribution in [3.05, 3.63) is 29.3 Å². The molecule has 0 saturated heterocycles. The third kappa shape index (κ3) is 3.82. The van der Waals surface area contributed by atoms with E-state index in [1.807, 2.05) is 0 Å². The second-order valence-electron chi connectivity index (χ2n) is 4.36. The van der Waals surface area contributed by atoms with Crippen LogP contribution in [0.4, 0.5) is 5.69 Å². The third-order valence-electron chi connectivity index (χ3n) is 2.71. The van der Waals surface area contributed by atoms with Crippen molar-refractivity contribution in [3.63, 3.8) is 0 Å². The van der Waals surface area contributed by atoms with Gasteiger partial charge < -0.3 is 10.6 Å². The quantitative estimate of drug-likeness (QED) is 0.848. The molecule has 8 nitrogen and oxygen atoms in total. The van der Waals surface area contributed by atoms with E-state index < -0.39 is 0 Å². The Morgan fingerprint density at radius 3 is 2.76 bits per heavy atom. The van der Waals surface area contributed by atoms with E-state index in [0.717, 1.165) is 0 Å². The average molecular weight is 311 g/mol. The Balaban J connectivity index is 1.98. The molecule has 0 aromatic carbocycles. The van der Waals surface area contributed by atoms with Crippen LogP contribution in [0.15, 0.2) is 18.6 Å². The summed E-state index contributed by atoms with van der Waals surface area (Å²) in [7, 11) is 3.18. The Morgan fingerprint density at radius 1 is 1.38 bits per heavy atom. The normalized spacial score (nSPS) is 10.4. The van der Waals surface area contributed by atoms with Crippen molar-refractivity contribution in [2.24, 2.45) is 7.05 Å². The predicted octanol–water partition coefficient (Wildman–Crippen LogP) is 0.658. The summed E-state index contributed by atoms with van der Waals surface area (Å²) in [5.41, 5.74) is 0.552. The second kappa shape index (κ2) is 6.40. The SMILES string of the molecule is CNC(=O)c1nn(C)cc1NC(=O)CCn1cc(Cl)cn1. The van der Waals surface area contributed by atoms with E-state index in [0.29, 0.717) is 17.3 Å². The standard InChI is InChI=1S/C12H15ClN6O2/c1-14-12(21)11-9(7-18(2)17-11)16-10(20)3-4-19-6-8(13)5-15-19/h5-7H,3-4H2,1-2H3,(H,14,21)(H,16,20). The van der Waals surface area contributed by atoms with Gasteiger partial charge in [-0.3, -0.25) is 19.0 Å². The van der Waals surface area contributed by atoms with Crippen LogP contribution in [-0.4, -0.2) is 38.4 Å². The molecule has 2 N–H and O–H groups in total. The summed E-state index contributed by atoms with van der Waals surface area (Å²) in [5, 5.41) is 13.7. The van der Waals surface area contributed by atoms with Gasteiger partial charge in [-0.1, -0.05) is 11.6 Å². The molecule has 0 radical (unpaired) electrons. The zero-order valence-corrected chi connectivity index (χ0v) is 12.4. The molecule has 2 heterocycles. The molecule has 112 valence electrons. The van der Waals surface area contributed by atoms with Crippen LogP contribution in [0.3, 0.4) is 0 Å². The van der Waals surface area contributed by atoms with Gasteiger partial charge in [0.2, 0.25) is 5.91 Å². The maximum absolute atomic E-state index is 11.9. The Labute approximate surface area is 126 Å². The number of nitrogens with zero attached hydrogens (tertiary/aromatic N) is 4. The number of nitrogens with one attached hydrogen (secondary N) is 2. The number of rotatable bonds is 5. The van der Waals surface area contributed by atoms with Crippen LogP contribution >= 0.6 is 11.6 Å². The molecule has 0 aliphatic rings. The van der Waals surface area contributed by atoms with Crippen molar-refractivity contribution < 1.29 is 9.59 Å². The molecule has 0 atom stereocenters. The van der Waals surface area contributed by atoms with Gasteiger partial charge >= 0.3 is 0 Å². The molecule has 0 bridgehead atoms. The van der Waals surface area contributed by atoms with E-state index in [-0.39, 0.29) is 23.9 Å². The highest BCUT2D eigenvalue weighted by Gasteiger charge is 2.16. The number of aromatic nitrogens is 4. The number of aryl methyl sites for hydroxylation is 2. The summed E-state index contributed by atoms with van der Waals surface area (Å²) in [6.45, 7) is 0.397. The summed E-state index contributed by atoms with van der Waals surface area (Å²) in [4.78, 5) is 23.6. The van der Waals surface area contributed by atoms with E-state index >= 15 is 0 Å². The Morgan fingerprint density at radius 2 is 2.14 bits per heavy atom. The molecule has 21 heavy (non-hydrogen) atoms. The Hall–Kier alpha value is -2.35. The number of hydrogen-bond acceptors (Lipinski definition) is 4. The summed E-state index contributed by atoms with van der Waals surface area (Å²) in [6.07, 6.45) is 4.92. The highest BCUT2D eigenvalue weighted by Crippen LogP contribution is 2.13. The first-order valence-corrected chi connectivity index (χ1v) is 6.61. The minimum atomic E-state index is -0.357. The first-order valence-electron chi connectivity index (χ1n) is 6.23. The summed E-state index contributed by atoms with van der Waals surface area (Å²) in [6, 6.07) is 0. The zero-order chi connectivity index (χ0) is 15.4. The largest absolute Gasteiger partial charge is 0.354 e. The highest BCUT2D eigenvalue weighted by atomic mass is 35.5. The number of hydrogen-bond donors (Lipinski definition) is 2. The van der Waals surface area contributed by atoms with Crippen molar-refractivity contribution in [3.8, 4) is 0 Å². The van der Waals surface area contributed by atoms with Crippen LogP contribution in [0, 0.1) is 0 Å². The van der Waals surface area contributed by atoms with Crippen LogP contribution in [0.5, 0.6) is 0 Å². The van der Waals surface area contributed by atoms with Crippen LogP contribution in [0.1, 0.15) is 16.9 Å². The summed E-state index contributed by atoms with van der Waals surface area (Å²) >= 11 is 5.74. The topological polar surface area (TPSA) is 93.8 Å². The van der Waals surface area contributed by atoms with Crippen LogP contribution in [0.25, 0.3) is 0 Å². The smallest absolute Gasteiger partial charge is 0.273 e. The molecular weight excluding hydrogens is 296 g/mol. The monoisotopic (exact) mass is 310 g/mol. The average Bonchev–Trinajstić information content (AvgIpc) is 3.01. The number of carbonyl (C=O) groups is 2. The van der Waals surface area contributed by atoms with Crippen molar-refractivity contribution in [1.82, 2.24) is 24.9 Å². The lowest BCUT2D eigenvalue weighted by Gasteiger charge is -2.05. The zero-order valence-electron chi connectivity index (χ0n) is 11.6. The minimum absolute atomic E-state index is 0.176. The number of halogens is 1. The number of amides is 2. The fourth-order valence-electron chi connectivity index (χ4n) is 1.76. The van der Waals surface area contributed by atoms with Gasteiger partial charge in [-0.15, -0.1) is 0 Å². The number of carbonyl (C=O) groups excluding carboxylic acids is 2. The van der Waals surface area contributed by atoms with Crippen molar-refractivity contribution in [1.29, 1.82) is 0 Å². The van der Waals surface area contributed by atoms with Crippen LogP contribution in [0.2, 0.25) is 5.02 Å². The number of anilines is 1. The molecule has 2 aromatic rings. The van der Waals surface area contributed by atoms with Crippen molar-refractivity contribution in [2.45, 2.75) is 13.0 Å². The first kappa shape index (κ1) is 15.0. The van der Waals surface area contributed by atoms with Gasteiger partial charge in [0.25, 0.3) is 5.91 Å². The van der Waals surface area contributed by atoms with Crippen molar-refractivity contribution >= 4 is 29.1 Å². The van der Waals surface area contributed by atoms with E-state index in [9.17, 15) is 9.59 Å². The molecule has 0 aliphatic carbocycles.